The smallest absolute Gasteiger partial charge is 0.0131 e. The van der Waals surface area contributed by atoms with E-state index in [9.17, 15) is 0 Å². The molecule has 1 aromatic rings. The fourth-order valence-electron chi connectivity index (χ4n) is 3.55. The second-order valence-corrected chi connectivity index (χ2v) is 5.61. The van der Waals surface area contributed by atoms with Gasteiger partial charge in [0.2, 0.25) is 0 Å². The maximum Gasteiger partial charge on any atom is -0.0131 e. The van der Waals surface area contributed by atoms with E-state index in [1.165, 1.54) is 18.4 Å². The SMILES string of the molecule is CC1=CC=C(C)C2CC(c3ccccc3)CC12. The van der Waals surface area contributed by atoms with E-state index in [1.807, 2.05) is 0 Å². The summed E-state index contributed by atoms with van der Waals surface area (Å²) in [4.78, 5) is 0. The standard InChI is InChI=1S/C17H20/c1-12-8-9-13(2)17-11-15(10-16(12)17)14-6-4-3-5-7-14/h3-9,15-17H,10-11H2,1-2H3. The Bertz CT molecular complexity index is 438. The van der Waals surface area contributed by atoms with Crippen molar-refractivity contribution >= 4 is 0 Å². The Kier molecular flexibility index (Phi) is 2.66. The van der Waals surface area contributed by atoms with Gasteiger partial charge in [-0.25, -0.2) is 0 Å². The van der Waals surface area contributed by atoms with Gasteiger partial charge in [0, 0.05) is 0 Å². The van der Waals surface area contributed by atoms with Gasteiger partial charge in [0.15, 0.2) is 0 Å². The molecule has 0 heteroatoms. The number of benzene rings is 1. The van der Waals surface area contributed by atoms with Gasteiger partial charge < -0.3 is 0 Å². The number of hydrogen-bond acceptors (Lipinski definition) is 0. The highest BCUT2D eigenvalue weighted by Gasteiger charge is 2.37. The molecule has 17 heavy (non-hydrogen) atoms. The van der Waals surface area contributed by atoms with Crippen molar-refractivity contribution in [3.05, 3.63) is 59.2 Å². The van der Waals surface area contributed by atoms with Crippen LogP contribution >= 0.6 is 0 Å². The van der Waals surface area contributed by atoms with Gasteiger partial charge in [0.1, 0.15) is 0 Å². The molecular weight excluding hydrogens is 204 g/mol. The lowest BCUT2D eigenvalue weighted by atomic mass is 9.81. The molecule has 3 rings (SSSR count). The highest BCUT2D eigenvalue weighted by molar-refractivity contribution is 5.32. The molecule has 0 bridgehead atoms. The van der Waals surface area contributed by atoms with Gasteiger partial charge in [0.05, 0.1) is 0 Å². The Morgan fingerprint density at radius 1 is 0.824 bits per heavy atom. The van der Waals surface area contributed by atoms with E-state index in [1.54, 1.807) is 11.1 Å². The molecule has 2 aliphatic rings. The third-order valence-corrected chi connectivity index (χ3v) is 4.61. The number of allylic oxidation sites excluding steroid dienone is 4. The van der Waals surface area contributed by atoms with Crippen molar-refractivity contribution in [1.29, 1.82) is 0 Å². The highest BCUT2D eigenvalue weighted by Crippen LogP contribution is 2.49. The molecule has 0 amide bonds. The van der Waals surface area contributed by atoms with Gasteiger partial charge in [-0.3, -0.25) is 0 Å². The van der Waals surface area contributed by atoms with Crippen molar-refractivity contribution in [2.45, 2.75) is 32.6 Å². The Balaban J connectivity index is 1.87. The van der Waals surface area contributed by atoms with Crippen LogP contribution in [0.5, 0.6) is 0 Å². The largest absolute Gasteiger partial charge is 0.0696 e. The Hall–Kier alpha value is -1.30. The van der Waals surface area contributed by atoms with E-state index in [0.717, 1.165) is 17.8 Å². The van der Waals surface area contributed by atoms with Crippen LogP contribution in [-0.2, 0) is 0 Å². The van der Waals surface area contributed by atoms with Crippen molar-refractivity contribution in [2.24, 2.45) is 11.8 Å². The van der Waals surface area contributed by atoms with Crippen LogP contribution in [0.3, 0.4) is 0 Å². The molecule has 2 unspecified atom stereocenters. The third-order valence-electron chi connectivity index (χ3n) is 4.61. The average Bonchev–Trinajstić information content (AvgIpc) is 2.81. The topological polar surface area (TPSA) is 0 Å². The van der Waals surface area contributed by atoms with E-state index < -0.39 is 0 Å². The number of rotatable bonds is 1. The summed E-state index contributed by atoms with van der Waals surface area (Å²) < 4.78 is 0. The first kappa shape index (κ1) is 10.8. The summed E-state index contributed by atoms with van der Waals surface area (Å²) in [5, 5.41) is 0. The minimum Gasteiger partial charge on any atom is -0.0696 e. The normalized spacial score (nSPS) is 31.8. The third kappa shape index (κ3) is 1.86. The molecule has 0 aromatic heterocycles. The van der Waals surface area contributed by atoms with Gasteiger partial charge in [-0.15, -0.1) is 0 Å². The highest BCUT2D eigenvalue weighted by atomic mass is 14.4. The molecule has 2 atom stereocenters. The zero-order valence-electron chi connectivity index (χ0n) is 10.7. The van der Waals surface area contributed by atoms with E-state index in [0.29, 0.717) is 0 Å². The lowest BCUT2D eigenvalue weighted by Gasteiger charge is -2.24. The Labute approximate surface area is 104 Å². The van der Waals surface area contributed by atoms with Gasteiger partial charge in [-0.2, -0.15) is 0 Å². The summed E-state index contributed by atoms with van der Waals surface area (Å²) in [6, 6.07) is 11.0. The van der Waals surface area contributed by atoms with Gasteiger partial charge >= 0.3 is 0 Å². The van der Waals surface area contributed by atoms with E-state index in [4.69, 9.17) is 0 Å². The Morgan fingerprint density at radius 3 is 1.88 bits per heavy atom. The summed E-state index contributed by atoms with van der Waals surface area (Å²) in [7, 11) is 0. The zero-order valence-corrected chi connectivity index (χ0v) is 10.7. The van der Waals surface area contributed by atoms with Crippen LogP contribution in [-0.4, -0.2) is 0 Å². The molecule has 0 nitrogen and oxygen atoms in total. The first-order chi connectivity index (χ1) is 8.25. The Morgan fingerprint density at radius 2 is 1.35 bits per heavy atom. The molecule has 2 aliphatic carbocycles. The lowest BCUT2D eigenvalue weighted by molar-refractivity contribution is 0.496. The van der Waals surface area contributed by atoms with Crippen molar-refractivity contribution < 1.29 is 0 Å². The first-order valence-electron chi connectivity index (χ1n) is 6.65. The maximum absolute atomic E-state index is 2.32. The molecule has 0 heterocycles. The number of hydrogen-bond donors (Lipinski definition) is 0. The predicted octanol–water partition coefficient (Wildman–Crippen LogP) is 4.70. The molecule has 1 aromatic carbocycles. The van der Waals surface area contributed by atoms with Gasteiger partial charge in [0.25, 0.3) is 0 Å². The minimum atomic E-state index is 0.760. The van der Waals surface area contributed by atoms with Crippen LogP contribution < -0.4 is 0 Å². The molecule has 0 radical (unpaired) electrons. The molecule has 0 N–H and O–H groups in total. The zero-order chi connectivity index (χ0) is 11.8. The summed E-state index contributed by atoms with van der Waals surface area (Å²) >= 11 is 0. The quantitative estimate of drug-likeness (QED) is 0.648. The average molecular weight is 224 g/mol. The van der Waals surface area contributed by atoms with Crippen LogP contribution in [0.15, 0.2) is 53.6 Å². The van der Waals surface area contributed by atoms with Crippen LogP contribution in [0.4, 0.5) is 0 Å². The van der Waals surface area contributed by atoms with Crippen molar-refractivity contribution in [2.75, 3.05) is 0 Å². The lowest BCUT2D eigenvalue weighted by Crippen LogP contribution is -2.13. The van der Waals surface area contributed by atoms with Crippen LogP contribution in [0, 0.1) is 11.8 Å². The maximum atomic E-state index is 2.32. The monoisotopic (exact) mass is 224 g/mol. The molecule has 1 saturated carbocycles. The van der Waals surface area contributed by atoms with Crippen molar-refractivity contribution in [3.8, 4) is 0 Å². The van der Waals surface area contributed by atoms with Gasteiger partial charge in [-0.05, 0) is 50.0 Å². The van der Waals surface area contributed by atoms with Crippen LogP contribution in [0.25, 0.3) is 0 Å². The summed E-state index contributed by atoms with van der Waals surface area (Å²) in [6.45, 7) is 4.60. The molecule has 1 fully saturated rings. The predicted molar refractivity (Wildman–Crippen MR) is 72.9 cm³/mol. The van der Waals surface area contributed by atoms with Crippen LogP contribution in [0.1, 0.15) is 38.2 Å². The second-order valence-electron chi connectivity index (χ2n) is 5.61. The van der Waals surface area contributed by atoms with Crippen LogP contribution in [0.2, 0.25) is 0 Å². The summed E-state index contributed by atoms with van der Waals surface area (Å²) in [5.41, 5.74) is 4.69. The van der Waals surface area contributed by atoms with E-state index in [2.05, 4.69) is 56.3 Å². The first-order valence-corrected chi connectivity index (χ1v) is 6.65. The van der Waals surface area contributed by atoms with Crippen molar-refractivity contribution in [1.82, 2.24) is 0 Å². The fourth-order valence-corrected chi connectivity index (χ4v) is 3.55. The molecular formula is C17H20. The van der Waals surface area contributed by atoms with E-state index >= 15 is 0 Å². The second kappa shape index (κ2) is 4.18. The van der Waals surface area contributed by atoms with Crippen molar-refractivity contribution in [3.63, 3.8) is 0 Å². The molecule has 0 spiro atoms. The molecule has 0 aliphatic heterocycles. The summed E-state index contributed by atoms with van der Waals surface area (Å²) in [5.74, 6) is 2.35. The minimum absolute atomic E-state index is 0.760. The molecule has 0 saturated heterocycles. The van der Waals surface area contributed by atoms with E-state index in [-0.39, 0.29) is 0 Å². The number of fused-ring (bicyclic) bond motifs is 1. The van der Waals surface area contributed by atoms with Gasteiger partial charge in [-0.1, -0.05) is 53.6 Å². The fraction of sp³-hybridized carbons (Fsp3) is 0.412. The summed E-state index contributed by atoms with van der Waals surface area (Å²) in [6.07, 6.45) is 7.32. The molecule has 88 valence electrons.